The maximum atomic E-state index is 5.75. The molecule has 112 valence electrons. The highest BCUT2D eigenvalue weighted by atomic mass is 16.5. The Morgan fingerprint density at radius 2 is 1.95 bits per heavy atom. The van der Waals surface area contributed by atoms with Crippen molar-refractivity contribution in [3.63, 3.8) is 0 Å². The lowest BCUT2D eigenvalue weighted by atomic mass is 10.2. The standard InChI is InChI=1S/C16H27N3O/c1-13(2)12-19-16(17)18-10-4-5-11-20-15-8-6-14(3)7-9-15/h6-9,13H,4-5,10-12H2,1-3H3,(H3,17,18,19). The lowest BCUT2D eigenvalue weighted by Crippen LogP contribution is -2.33. The lowest BCUT2D eigenvalue weighted by Gasteiger charge is -2.08. The number of hydrogen-bond donors (Lipinski definition) is 2. The third-order valence-electron chi connectivity index (χ3n) is 2.79. The molecule has 0 aliphatic carbocycles. The summed E-state index contributed by atoms with van der Waals surface area (Å²) < 4.78 is 5.66. The maximum Gasteiger partial charge on any atom is 0.188 e. The molecule has 0 aliphatic heterocycles. The van der Waals surface area contributed by atoms with Crippen molar-refractivity contribution in [2.75, 3.05) is 19.7 Å². The Morgan fingerprint density at radius 3 is 2.60 bits per heavy atom. The van der Waals surface area contributed by atoms with Crippen LogP contribution in [0, 0.1) is 12.8 Å². The molecule has 0 saturated carbocycles. The molecule has 0 amide bonds. The van der Waals surface area contributed by atoms with Crippen molar-refractivity contribution in [1.29, 1.82) is 0 Å². The third-order valence-corrected chi connectivity index (χ3v) is 2.79. The maximum absolute atomic E-state index is 5.75. The monoisotopic (exact) mass is 277 g/mol. The van der Waals surface area contributed by atoms with E-state index in [0.717, 1.165) is 38.3 Å². The second-order valence-corrected chi connectivity index (χ2v) is 5.42. The number of rotatable bonds is 8. The molecule has 0 spiro atoms. The molecule has 0 radical (unpaired) electrons. The van der Waals surface area contributed by atoms with Crippen LogP contribution in [0.3, 0.4) is 0 Å². The Labute approximate surface area is 122 Å². The van der Waals surface area contributed by atoms with Crippen molar-refractivity contribution in [1.82, 2.24) is 5.32 Å². The molecule has 0 aliphatic rings. The largest absolute Gasteiger partial charge is 0.494 e. The minimum absolute atomic E-state index is 0.540. The molecule has 0 saturated heterocycles. The van der Waals surface area contributed by atoms with Crippen LogP contribution in [0.1, 0.15) is 32.3 Å². The highest BCUT2D eigenvalue weighted by molar-refractivity contribution is 5.77. The highest BCUT2D eigenvalue weighted by Gasteiger charge is 1.96. The molecule has 20 heavy (non-hydrogen) atoms. The Balaban J connectivity index is 2.05. The summed E-state index contributed by atoms with van der Waals surface area (Å²) in [4.78, 5) is 4.25. The Hall–Kier alpha value is -1.71. The van der Waals surface area contributed by atoms with Gasteiger partial charge in [0.2, 0.25) is 0 Å². The number of nitrogens with two attached hydrogens (primary N) is 1. The van der Waals surface area contributed by atoms with Crippen LogP contribution >= 0.6 is 0 Å². The molecule has 0 aromatic heterocycles. The number of nitrogens with zero attached hydrogens (tertiary/aromatic N) is 1. The second-order valence-electron chi connectivity index (χ2n) is 5.42. The number of aliphatic imine (C=N–C) groups is 1. The van der Waals surface area contributed by atoms with E-state index in [1.54, 1.807) is 0 Å². The predicted molar refractivity (Wildman–Crippen MR) is 85.2 cm³/mol. The van der Waals surface area contributed by atoms with Crippen LogP contribution in [-0.2, 0) is 0 Å². The van der Waals surface area contributed by atoms with E-state index in [9.17, 15) is 0 Å². The first-order valence-corrected chi connectivity index (χ1v) is 7.31. The fraction of sp³-hybridized carbons (Fsp3) is 0.562. The molecule has 1 rings (SSSR count). The van der Waals surface area contributed by atoms with Crippen LogP contribution in [-0.4, -0.2) is 25.7 Å². The van der Waals surface area contributed by atoms with Crippen molar-refractivity contribution < 1.29 is 4.74 Å². The zero-order valence-electron chi connectivity index (χ0n) is 12.9. The van der Waals surface area contributed by atoms with Crippen molar-refractivity contribution in [3.8, 4) is 5.75 Å². The Kier molecular flexibility index (Phi) is 7.55. The molecule has 1 aromatic carbocycles. The first-order chi connectivity index (χ1) is 9.58. The van der Waals surface area contributed by atoms with Crippen LogP contribution in [0.15, 0.2) is 29.3 Å². The lowest BCUT2D eigenvalue weighted by molar-refractivity contribution is 0.307. The van der Waals surface area contributed by atoms with E-state index in [1.165, 1.54) is 5.56 Å². The van der Waals surface area contributed by atoms with E-state index >= 15 is 0 Å². The quantitative estimate of drug-likeness (QED) is 0.436. The number of benzene rings is 1. The normalized spacial score (nSPS) is 11.7. The van der Waals surface area contributed by atoms with Gasteiger partial charge in [0.15, 0.2) is 5.96 Å². The van der Waals surface area contributed by atoms with E-state index in [1.807, 2.05) is 12.1 Å². The molecule has 0 heterocycles. The van der Waals surface area contributed by atoms with Gasteiger partial charge in [-0.15, -0.1) is 0 Å². The number of ether oxygens (including phenoxy) is 1. The van der Waals surface area contributed by atoms with Crippen LogP contribution in [0.25, 0.3) is 0 Å². The summed E-state index contributed by atoms with van der Waals surface area (Å²) in [5.74, 6) is 2.01. The first-order valence-electron chi connectivity index (χ1n) is 7.31. The zero-order valence-corrected chi connectivity index (χ0v) is 12.9. The van der Waals surface area contributed by atoms with Gasteiger partial charge in [0.1, 0.15) is 5.75 Å². The molecular weight excluding hydrogens is 250 g/mol. The minimum Gasteiger partial charge on any atom is -0.494 e. The van der Waals surface area contributed by atoms with Gasteiger partial charge < -0.3 is 15.8 Å². The van der Waals surface area contributed by atoms with Gasteiger partial charge >= 0.3 is 0 Å². The summed E-state index contributed by atoms with van der Waals surface area (Å²) in [6.45, 7) is 8.66. The fourth-order valence-corrected chi connectivity index (χ4v) is 1.60. The van der Waals surface area contributed by atoms with Gasteiger partial charge in [-0.2, -0.15) is 0 Å². The molecule has 3 N–H and O–H groups in total. The number of aryl methyl sites for hydroxylation is 1. The number of unbranched alkanes of at least 4 members (excludes halogenated alkanes) is 1. The van der Waals surface area contributed by atoms with Gasteiger partial charge in [-0.1, -0.05) is 31.5 Å². The smallest absolute Gasteiger partial charge is 0.188 e. The molecule has 4 nitrogen and oxygen atoms in total. The Bertz CT molecular complexity index is 399. The van der Waals surface area contributed by atoms with Crippen LogP contribution in [0.2, 0.25) is 0 Å². The van der Waals surface area contributed by atoms with Crippen molar-refractivity contribution in [2.24, 2.45) is 16.6 Å². The van der Waals surface area contributed by atoms with Gasteiger partial charge in [0.05, 0.1) is 6.61 Å². The average molecular weight is 277 g/mol. The fourth-order valence-electron chi connectivity index (χ4n) is 1.60. The summed E-state index contributed by atoms with van der Waals surface area (Å²) >= 11 is 0. The summed E-state index contributed by atoms with van der Waals surface area (Å²) in [6.07, 6.45) is 2.02. The van der Waals surface area contributed by atoms with Gasteiger partial charge in [0, 0.05) is 13.1 Å². The van der Waals surface area contributed by atoms with Crippen molar-refractivity contribution in [2.45, 2.75) is 33.6 Å². The topological polar surface area (TPSA) is 59.6 Å². The summed E-state index contributed by atoms with van der Waals surface area (Å²) in [5, 5.41) is 3.12. The van der Waals surface area contributed by atoms with Gasteiger partial charge in [-0.05, 0) is 37.8 Å². The van der Waals surface area contributed by atoms with Crippen LogP contribution in [0.5, 0.6) is 5.75 Å². The van der Waals surface area contributed by atoms with Gasteiger partial charge in [-0.3, -0.25) is 4.99 Å². The van der Waals surface area contributed by atoms with Crippen molar-refractivity contribution in [3.05, 3.63) is 29.8 Å². The first kappa shape index (κ1) is 16.3. The van der Waals surface area contributed by atoms with Crippen LogP contribution < -0.4 is 15.8 Å². The van der Waals surface area contributed by atoms with E-state index < -0.39 is 0 Å². The SMILES string of the molecule is Cc1ccc(OCCCCNC(N)=NCC(C)C)cc1. The molecule has 0 bridgehead atoms. The van der Waals surface area contributed by atoms with E-state index in [2.05, 4.69) is 43.2 Å². The highest BCUT2D eigenvalue weighted by Crippen LogP contribution is 2.11. The number of nitrogens with one attached hydrogen (secondary N) is 1. The van der Waals surface area contributed by atoms with Gasteiger partial charge in [-0.25, -0.2) is 0 Å². The summed E-state index contributed by atoms with van der Waals surface area (Å²) in [7, 11) is 0. The predicted octanol–water partition coefficient (Wildman–Crippen LogP) is 2.71. The minimum atomic E-state index is 0.540. The molecule has 0 fully saturated rings. The van der Waals surface area contributed by atoms with E-state index in [0.29, 0.717) is 11.9 Å². The number of guanidine groups is 1. The Morgan fingerprint density at radius 1 is 1.25 bits per heavy atom. The average Bonchev–Trinajstić information content (AvgIpc) is 2.42. The number of hydrogen-bond acceptors (Lipinski definition) is 2. The third kappa shape index (κ3) is 7.67. The second kappa shape index (κ2) is 9.23. The molecule has 1 aromatic rings. The van der Waals surface area contributed by atoms with Crippen LogP contribution in [0.4, 0.5) is 0 Å². The van der Waals surface area contributed by atoms with E-state index in [4.69, 9.17) is 10.5 Å². The van der Waals surface area contributed by atoms with Gasteiger partial charge in [0.25, 0.3) is 0 Å². The summed E-state index contributed by atoms with van der Waals surface area (Å²) in [6, 6.07) is 8.12. The van der Waals surface area contributed by atoms with Crippen molar-refractivity contribution >= 4 is 5.96 Å². The summed E-state index contributed by atoms with van der Waals surface area (Å²) in [5.41, 5.74) is 7.00. The molecule has 0 unspecified atom stereocenters. The molecule has 4 heteroatoms. The van der Waals surface area contributed by atoms with E-state index in [-0.39, 0.29) is 0 Å². The molecular formula is C16H27N3O. The zero-order chi connectivity index (χ0) is 14.8. The molecule has 0 atom stereocenters.